The average molecular weight is 467 g/mol. The molecule has 0 spiro atoms. The summed E-state index contributed by atoms with van der Waals surface area (Å²) in [7, 11) is 1.60. The van der Waals surface area contributed by atoms with Crippen molar-refractivity contribution in [2.24, 2.45) is 0 Å². The number of amides is 2. The molecule has 11 heteroatoms. The molecule has 1 saturated heterocycles. The molecule has 1 N–H and O–H groups in total. The smallest absolute Gasteiger partial charge is 0.266 e. The van der Waals surface area contributed by atoms with Crippen molar-refractivity contribution in [3.63, 3.8) is 0 Å². The van der Waals surface area contributed by atoms with Crippen LogP contribution in [0.25, 0.3) is 6.08 Å². The number of thioether (sulfide) groups is 2. The summed E-state index contributed by atoms with van der Waals surface area (Å²) in [6, 6.07) is 7.39. The van der Waals surface area contributed by atoms with Gasteiger partial charge in [-0.1, -0.05) is 66.1 Å². The monoisotopic (exact) mass is 466 g/mol. The topological polar surface area (TPSA) is 84.4 Å². The largest absolute Gasteiger partial charge is 0.497 e. The van der Waals surface area contributed by atoms with Gasteiger partial charge in [-0.05, 0) is 29.5 Å². The lowest BCUT2D eigenvalue weighted by molar-refractivity contribution is -0.122. The molecule has 1 fully saturated rings. The van der Waals surface area contributed by atoms with E-state index in [0.29, 0.717) is 14.4 Å². The fraction of sp³-hybridized carbons (Fsp3) is 0.278. The molecule has 0 atom stereocenters. The van der Waals surface area contributed by atoms with E-state index in [0.717, 1.165) is 21.4 Å². The van der Waals surface area contributed by atoms with Crippen molar-refractivity contribution in [2.75, 3.05) is 24.7 Å². The first-order valence-electron chi connectivity index (χ1n) is 8.65. The van der Waals surface area contributed by atoms with E-state index in [2.05, 4.69) is 15.5 Å². The summed E-state index contributed by atoms with van der Waals surface area (Å²) in [5.74, 6) is 1.21. The van der Waals surface area contributed by atoms with Crippen LogP contribution in [0.1, 0.15) is 18.9 Å². The number of aromatic nitrogens is 2. The van der Waals surface area contributed by atoms with Crippen molar-refractivity contribution >= 4 is 74.4 Å². The summed E-state index contributed by atoms with van der Waals surface area (Å²) in [6.45, 7) is 2.24. The second-order valence-electron chi connectivity index (χ2n) is 5.71. The molecule has 1 aliphatic rings. The molecule has 0 saturated carbocycles. The fourth-order valence-electron chi connectivity index (χ4n) is 2.38. The van der Waals surface area contributed by atoms with Gasteiger partial charge in [0.1, 0.15) is 10.1 Å². The number of hydrogen-bond donors (Lipinski definition) is 1. The first kappa shape index (κ1) is 21.8. The molecule has 2 amide bonds. The Morgan fingerprint density at radius 2 is 2.10 bits per heavy atom. The number of thiocarbonyl (C=S) groups is 1. The number of carbonyl (C=O) groups excluding carboxylic acids is 2. The van der Waals surface area contributed by atoms with Gasteiger partial charge in [-0.2, -0.15) is 0 Å². The van der Waals surface area contributed by atoms with E-state index in [-0.39, 0.29) is 24.8 Å². The van der Waals surface area contributed by atoms with E-state index in [1.165, 1.54) is 28.0 Å². The number of hydrogen-bond acceptors (Lipinski definition) is 9. The lowest BCUT2D eigenvalue weighted by Gasteiger charge is -2.13. The Bertz CT molecular complexity index is 943. The predicted molar refractivity (Wildman–Crippen MR) is 122 cm³/mol. The highest BCUT2D eigenvalue weighted by atomic mass is 32.2. The first-order chi connectivity index (χ1) is 14.0. The number of methoxy groups -OCH3 is 1. The number of anilines is 1. The SMILES string of the molecule is CCSc1nnc(NC(=O)CCN2C(=O)C(=Cc3ccc(OC)cc3)SC2=S)s1. The summed E-state index contributed by atoms with van der Waals surface area (Å²) in [4.78, 5) is 26.8. The maximum atomic E-state index is 12.7. The zero-order valence-electron chi connectivity index (χ0n) is 15.7. The highest BCUT2D eigenvalue weighted by Gasteiger charge is 2.32. The van der Waals surface area contributed by atoms with Gasteiger partial charge in [-0.3, -0.25) is 14.5 Å². The van der Waals surface area contributed by atoms with Crippen LogP contribution in [0.5, 0.6) is 5.75 Å². The van der Waals surface area contributed by atoms with Crippen molar-refractivity contribution in [2.45, 2.75) is 17.7 Å². The molecule has 1 aromatic heterocycles. The number of nitrogens with zero attached hydrogens (tertiary/aromatic N) is 3. The lowest BCUT2D eigenvalue weighted by Crippen LogP contribution is -2.31. The minimum absolute atomic E-state index is 0.123. The van der Waals surface area contributed by atoms with Crippen LogP contribution >= 0.6 is 47.1 Å². The van der Waals surface area contributed by atoms with Crippen LogP contribution in [0.2, 0.25) is 0 Å². The molecule has 2 aromatic rings. The van der Waals surface area contributed by atoms with Crippen LogP contribution in [0.15, 0.2) is 33.5 Å². The number of nitrogens with one attached hydrogen (secondary N) is 1. The standard InChI is InChI=1S/C18H18N4O3S4/c1-3-27-17-21-20-16(29-17)19-14(23)8-9-22-15(24)13(28-18(22)26)10-11-4-6-12(25-2)7-5-11/h4-7,10H,3,8-9H2,1-2H3,(H,19,20,23). The molecule has 0 radical (unpaired) electrons. The normalized spacial score (nSPS) is 15.2. The van der Waals surface area contributed by atoms with Crippen molar-refractivity contribution < 1.29 is 14.3 Å². The third-order valence-corrected chi connectivity index (χ3v) is 7.00. The molecule has 1 aromatic carbocycles. The zero-order chi connectivity index (χ0) is 20.8. The van der Waals surface area contributed by atoms with E-state index < -0.39 is 0 Å². The lowest BCUT2D eigenvalue weighted by atomic mass is 10.2. The minimum Gasteiger partial charge on any atom is -0.497 e. The molecule has 0 unspecified atom stereocenters. The van der Waals surface area contributed by atoms with E-state index in [9.17, 15) is 9.59 Å². The third-order valence-electron chi connectivity index (χ3n) is 3.77. The molecule has 1 aliphatic heterocycles. The summed E-state index contributed by atoms with van der Waals surface area (Å²) in [5.41, 5.74) is 0.876. The molecule has 0 aliphatic carbocycles. The molecular weight excluding hydrogens is 448 g/mol. The van der Waals surface area contributed by atoms with Gasteiger partial charge in [0.15, 0.2) is 4.34 Å². The van der Waals surface area contributed by atoms with Gasteiger partial charge in [0.05, 0.1) is 12.0 Å². The van der Waals surface area contributed by atoms with Gasteiger partial charge in [-0.25, -0.2) is 0 Å². The van der Waals surface area contributed by atoms with E-state index in [4.69, 9.17) is 17.0 Å². The van der Waals surface area contributed by atoms with Crippen LogP contribution in [0.3, 0.4) is 0 Å². The predicted octanol–water partition coefficient (Wildman–Crippen LogP) is 3.89. The van der Waals surface area contributed by atoms with E-state index in [1.54, 1.807) is 24.9 Å². The Morgan fingerprint density at radius 3 is 2.79 bits per heavy atom. The maximum Gasteiger partial charge on any atom is 0.266 e. The summed E-state index contributed by atoms with van der Waals surface area (Å²) in [6.07, 6.45) is 1.91. The van der Waals surface area contributed by atoms with Crippen molar-refractivity contribution in [3.8, 4) is 5.75 Å². The van der Waals surface area contributed by atoms with Crippen LogP contribution in [-0.4, -0.2) is 50.6 Å². The summed E-state index contributed by atoms with van der Waals surface area (Å²) >= 11 is 9.45. The van der Waals surface area contributed by atoms with Gasteiger partial charge in [0, 0.05) is 13.0 Å². The third kappa shape index (κ3) is 5.78. The molecule has 2 heterocycles. The molecule has 3 rings (SSSR count). The molecule has 29 heavy (non-hydrogen) atoms. The number of benzene rings is 1. The van der Waals surface area contributed by atoms with Gasteiger partial charge in [0.25, 0.3) is 5.91 Å². The molecule has 152 valence electrons. The zero-order valence-corrected chi connectivity index (χ0v) is 19.0. The Balaban J connectivity index is 1.56. The van der Waals surface area contributed by atoms with E-state index >= 15 is 0 Å². The molecular formula is C18H18N4O3S4. The van der Waals surface area contributed by atoms with Gasteiger partial charge >= 0.3 is 0 Å². The Labute approximate surface area is 186 Å². The average Bonchev–Trinajstić information content (AvgIpc) is 3.25. The molecule has 0 bridgehead atoms. The van der Waals surface area contributed by atoms with Crippen molar-refractivity contribution in [1.29, 1.82) is 0 Å². The first-order valence-corrected chi connectivity index (χ1v) is 11.7. The van der Waals surface area contributed by atoms with Crippen LogP contribution in [0.4, 0.5) is 5.13 Å². The van der Waals surface area contributed by atoms with Gasteiger partial charge in [-0.15, -0.1) is 10.2 Å². The Morgan fingerprint density at radius 1 is 1.34 bits per heavy atom. The van der Waals surface area contributed by atoms with Crippen molar-refractivity contribution in [3.05, 3.63) is 34.7 Å². The second kappa shape index (κ2) is 10.2. The summed E-state index contributed by atoms with van der Waals surface area (Å²) < 4.78 is 6.39. The van der Waals surface area contributed by atoms with Gasteiger partial charge < -0.3 is 10.1 Å². The van der Waals surface area contributed by atoms with Crippen LogP contribution in [-0.2, 0) is 9.59 Å². The quantitative estimate of drug-likeness (QED) is 0.271. The second-order valence-corrected chi connectivity index (χ2v) is 9.88. The maximum absolute atomic E-state index is 12.7. The number of carbonyl (C=O) groups is 2. The Hall–Kier alpha value is -1.95. The van der Waals surface area contributed by atoms with E-state index in [1.807, 2.05) is 31.2 Å². The highest BCUT2D eigenvalue weighted by Crippen LogP contribution is 2.33. The highest BCUT2D eigenvalue weighted by molar-refractivity contribution is 8.26. The molecule has 7 nitrogen and oxygen atoms in total. The van der Waals surface area contributed by atoms with Crippen LogP contribution in [0, 0.1) is 0 Å². The Kier molecular flexibility index (Phi) is 7.64. The fourth-order valence-corrected chi connectivity index (χ4v) is 5.36. The number of rotatable bonds is 8. The minimum atomic E-state index is -0.234. The number of ether oxygens (including phenoxy) is 1. The van der Waals surface area contributed by atoms with Crippen molar-refractivity contribution in [1.82, 2.24) is 15.1 Å². The van der Waals surface area contributed by atoms with Crippen LogP contribution < -0.4 is 10.1 Å². The summed E-state index contributed by atoms with van der Waals surface area (Å²) in [5, 5.41) is 11.1. The van der Waals surface area contributed by atoms with Gasteiger partial charge in [0.2, 0.25) is 11.0 Å².